The number of hydrogen-bond donors (Lipinski definition) is 3. The fourth-order valence-electron chi connectivity index (χ4n) is 3.64. The van der Waals surface area contributed by atoms with Crippen LogP contribution in [0.1, 0.15) is 20.8 Å². The lowest BCUT2D eigenvalue weighted by atomic mass is 10.1. The number of carbonyl (C=O) groups excluding carboxylic acids is 1. The van der Waals surface area contributed by atoms with Crippen LogP contribution in [0.4, 0.5) is 16.0 Å². The van der Waals surface area contributed by atoms with Gasteiger partial charge < -0.3 is 16.4 Å². The van der Waals surface area contributed by atoms with Gasteiger partial charge in [-0.2, -0.15) is 0 Å². The molecule has 7 nitrogen and oxygen atoms in total. The summed E-state index contributed by atoms with van der Waals surface area (Å²) in [6.07, 6.45) is 3.10. The molecule has 9 heteroatoms. The highest BCUT2D eigenvalue weighted by atomic mass is 32.1. The minimum absolute atomic E-state index is 0.257. The molecule has 35 heavy (non-hydrogen) atoms. The first-order valence-electron chi connectivity index (χ1n) is 10.9. The summed E-state index contributed by atoms with van der Waals surface area (Å²) in [5.74, 6) is 0.382. The van der Waals surface area contributed by atoms with Gasteiger partial charge in [0.05, 0.1) is 17.6 Å². The predicted molar refractivity (Wildman–Crippen MR) is 136 cm³/mol. The molecule has 0 aliphatic heterocycles. The molecule has 4 N–H and O–H groups in total. The number of thiophene rings is 1. The molecule has 0 radical (unpaired) electrons. The molecule has 0 saturated heterocycles. The number of hydrogen-bond acceptors (Lipinski definition) is 7. The minimum Gasteiger partial charge on any atom is -0.383 e. The lowest BCUT2D eigenvalue weighted by Gasteiger charge is -2.11. The molecule has 0 bridgehead atoms. The summed E-state index contributed by atoms with van der Waals surface area (Å²) in [6, 6.07) is 19.5. The van der Waals surface area contributed by atoms with E-state index in [0.717, 1.165) is 31.8 Å². The monoisotopic (exact) mass is 484 g/mol. The topological polar surface area (TPSA) is 106 Å². The fraction of sp³-hybridized carbons (Fsp3) is 0.0769. The Bertz CT molecular complexity index is 1500. The molecule has 0 unspecified atom stereocenters. The zero-order valence-electron chi connectivity index (χ0n) is 18.5. The Morgan fingerprint density at radius 3 is 2.69 bits per heavy atom. The molecule has 3 aromatic heterocycles. The van der Waals surface area contributed by atoms with Gasteiger partial charge in [-0.3, -0.25) is 4.79 Å². The Morgan fingerprint density at radius 1 is 0.971 bits per heavy atom. The van der Waals surface area contributed by atoms with E-state index in [2.05, 4.69) is 31.7 Å². The third-order valence-electron chi connectivity index (χ3n) is 5.46. The molecule has 0 aliphatic carbocycles. The van der Waals surface area contributed by atoms with Gasteiger partial charge in [-0.1, -0.05) is 18.2 Å². The molecular weight excluding hydrogens is 463 g/mol. The number of carbonyl (C=O) groups is 1. The van der Waals surface area contributed by atoms with Crippen molar-refractivity contribution in [3.63, 3.8) is 0 Å². The summed E-state index contributed by atoms with van der Waals surface area (Å²) >= 11 is 1.64. The van der Waals surface area contributed by atoms with Crippen molar-refractivity contribution < 1.29 is 9.18 Å². The standard InChI is InChI=1S/C26H21FN6OS/c27-18-6-3-16(4-7-18)13-31-26(34)20-2-1-11-29-25(20)30-14-19-8-10-23(35-19)17-5-9-22-21(12-17)24(28)33-15-32-22/h1-12,15H,13-14H2,(H,29,30)(H,31,34)(H2,28,32,33). The summed E-state index contributed by atoms with van der Waals surface area (Å²) < 4.78 is 13.1. The second kappa shape index (κ2) is 9.86. The highest BCUT2D eigenvalue weighted by Crippen LogP contribution is 2.31. The van der Waals surface area contributed by atoms with Gasteiger partial charge in [0.15, 0.2) is 0 Å². The molecule has 2 aromatic carbocycles. The van der Waals surface area contributed by atoms with E-state index < -0.39 is 0 Å². The molecule has 174 valence electrons. The normalized spacial score (nSPS) is 10.9. The van der Waals surface area contributed by atoms with Crippen LogP contribution in [0.3, 0.4) is 0 Å². The van der Waals surface area contributed by atoms with Gasteiger partial charge >= 0.3 is 0 Å². The smallest absolute Gasteiger partial charge is 0.255 e. The maximum atomic E-state index is 13.1. The first-order valence-corrected chi connectivity index (χ1v) is 11.7. The zero-order valence-corrected chi connectivity index (χ0v) is 19.3. The van der Waals surface area contributed by atoms with Crippen LogP contribution in [0.5, 0.6) is 0 Å². The van der Waals surface area contributed by atoms with Gasteiger partial charge in [-0.25, -0.2) is 19.3 Å². The highest BCUT2D eigenvalue weighted by Gasteiger charge is 2.13. The fourth-order valence-corrected chi connectivity index (χ4v) is 4.58. The maximum absolute atomic E-state index is 13.1. The third-order valence-corrected chi connectivity index (χ3v) is 6.60. The van der Waals surface area contributed by atoms with E-state index in [1.807, 2.05) is 24.3 Å². The number of nitrogens with two attached hydrogens (primary N) is 1. The van der Waals surface area contributed by atoms with Gasteiger partial charge in [0.1, 0.15) is 23.8 Å². The Labute approximate surface area is 204 Å². The molecule has 0 atom stereocenters. The molecular formula is C26H21FN6OS. The Hall–Kier alpha value is -4.37. The van der Waals surface area contributed by atoms with Crippen molar-refractivity contribution in [1.82, 2.24) is 20.3 Å². The number of fused-ring (bicyclic) bond motifs is 1. The van der Waals surface area contributed by atoms with E-state index in [1.165, 1.54) is 18.5 Å². The number of rotatable bonds is 7. The van der Waals surface area contributed by atoms with E-state index in [9.17, 15) is 9.18 Å². The van der Waals surface area contributed by atoms with Crippen molar-refractivity contribution >= 4 is 39.8 Å². The maximum Gasteiger partial charge on any atom is 0.255 e. The van der Waals surface area contributed by atoms with Gasteiger partial charge in [0.25, 0.3) is 5.91 Å². The van der Waals surface area contributed by atoms with Crippen LogP contribution in [0, 0.1) is 5.82 Å². The van der Waals surface area contributed by atoms with E-state index in [-0.39, 0.29) is 11.7 Å². The second-order valence-corrected chi connectivity index (χ2v) is 8.99. The Balaban J connectivity index is 1.26. The van der Waals surface area contributed by atoms with Crippen LogP contribution in [0.15, 0.2) is 79.3 Å². The van der Waals surface area contributed by atoms with Crippen LogP contribution < -0.4 is 16.4 Å². The molecule has 3 heterocycles. The van der Waals surface area contributed by atoms with E-state index >= 15 is 0 Å². The number of aromatic nitrogens is 3. The Morgan fingerprint density at radius 2 is 1.83 bits per heavy atom. The number of amides is 1. The van der Waals surface area contributed by atoms with E-state index in [4.69, 9.17) is 5.73 Å². The first kappa shape index (κ1) is 22.4. The average Bonchev–Trinajstić information content (AvgIpc) is 3.36. The molecule has 5 aromatic rings. The molecule has 0 aliphatic rings. The van der Waals surface area contributed by atoms with Crippen LogP contribution in [-0.2, 0) is 13.1 Å². The lowest BCUT2D eigenvalue weighted by molar-refractivity contribution is 0.0951. The van der Waals surface area contributed by atoms with Crippen LogP contribution >= 0.6 is 11.3 Å². The van der Waals surface area contributed by atoms with Crippen molar-refractivity contribution in [3.8, 4) is 10.4 Å². The quantitative estimate of drug-likeness (QED) is 0.300. The summed E-state index contributed by atoms with van der Waals surface area (Å²) in [6.45, 7) is 0.807. The van der Waals surface area contributed by atoms with E-state index in [0.29, 0.717) is 30.3 Å². The molecule has 1 amide bonds. The summed E-state index contributed by atoms with van der Waals surface area (Å²) in [7, 11) is 0. The van der Waals surface area contributed by atoms with Crippen LogP contribution in [0.2, 0.25) is 0 Å². The summed E-state index contributed by atoms with van der Waals surface area (Å²) in [5, 5.41) is 6.95. The number of benzene rings is 2. The number of nitrogen functional groups attached to an aromatic ring is 1. The molecule has 0 fully saturated rings. The van der Waals surface area contributed by atoms with Crippen molar-refractivity contribution in [3.05, 3.63) is 101 Å². The second-order valence-electron chi connectivity index (χ2n) is 7.82. The van der Waals surface area contributed by atoms with Gasteiger partial charge in [0, 0.05) is 27.9 Å². The van der Waals surface area contributed by atoms with Gasteiger partial charge in [-0.15, -0.1) is 11.3 Å². The van der Waals surface area contributed by atoms with Crippen molar-refractivity contribution in [2.45, 2.75) is 13.1 Å². The Kier molecular flexibility index (Phi) is 6.32. The minimum atomic E-state index is -0.311. The number of nitrogens with one attached hydrogen (secondary N) is 2. The predicted octanol–water partition coefficient (Wildman–Crippen LogP) is 5.02. The van der Waals surface area contributed by atoms with Gasteiger partial charge in [-0.05, 0) is 59.7 Å². The average molecular weight is 485 g/mol. The number of halogens is 1. The van der Waals surface area contributed by atoms with Crippen LogP contribution in [0.25, 0.3) is 21.3 Å². The van der Waals surface area contributed by atoms with Crippen molar-refractivity contribution in [2.24, 2.45) is 0 Å². The number of pyridine rings is 1. The summed E-state index contributed by atoms with van der Waals surface area (Å²) in [4.78, 5) is 27.6. The first-order chi connectivity index (χ1) is 17.1. The SMILES string of the molecule is Nc1ncnc2ccc(-c3ccc(CNc4ncccc4C(=O)NCc4ccc(F)cc4)s3)cc12. The zero-order chi connectivity index (χ0) is 24.2. The highest BCUT2D eigenvalue weighted by molar-refractivity contribution is 7.15. The van der Waals surface area contributed by atoms with E-state index in [1.54, 1.807) is 41.8 Å². The third kappa shape index (κ3) is 5.10. The van der Waals surface area contributed by atoms with Crippen molar-refractivity contribution in [2.75, 3.05) is 11.1 Å². The summed E-state index contributed by atoms with van der Waals surface area (Å²) in [5.41, 5.74) is 9.10. The molecule has 0 spiro atoms. The number of anilines is 2. The van der Waals surface area contributed by atoms with Gasteiger partial charge in [0.2, 0.25) is 0 Å². The lowest BCUT2D eigenvalue weighted by Crippen LogP contribution is -2.24. The van der Waals surface area contributed by atoms with Crippen LogP contribution in [-0.4, -0.2) is 20.9 Å². The number of nitrogens with zero attached hydrogens (tertiary/aromatic N) is 3. The molecule has 0 saturated carbocycles. The molecule has 5 rings (SSSR count). The van der Waals surface area contributed by atoms with Crippen molar-refractivity contribution in [1.29, 1.82) is 0 Å². The largest absolute Gasteiger partial charge is 0.383 e.